The topological polar surface area (TPSA) is 69.6 Å². The number of aliphatic hydroxyl groups excluding tert-OH is 1. The van der Waals surface area contributed by atoms with Gasteiger partial charge in [-0.15, -0.1) is 0 Å². The highest BCUT2D eigenvalue weighted by Crippen LogP contribution is 2.42. The Morgan fingerprint density at radius 3 is 2.67 bits per heavy atom. The van der Waals surface area contributed by atoms with E-state index in [9.17, 15) is 9.90 Å². The lowest BCUT2D eigenvalue weighted by Gasteiger charge is -2.50. The van der Waals surface area contributed by atoms with Crippen LogP contribution in [-0.2, 0) is 0 Å². The van der Waals surface area contributed by atoms with Gasteiger partial charge in [-0.1, -0.05) is 31.5 Å². The molecule has 1 aromatic rings. The first-order chi connectivity index (χ1) is 8.34. The van der Waals surface area contributed by atoms with Gasteiger partial charge in [-0.2, -0.15) is 0 Å². The summed E-state index contributed by atoms with van der Waals surface area (Å²) in [6, 6.07) is 5.00. The van der Waals surface area contributed by atoms with Gasteiger partial charge >= 0.3 is 5.97 Å². The molecule has 3 N–H and O–H groups in total. The number of carbonyl (C=O) groups is 1. The fourth-order valence-electron chi connectivity index (χ4n) is 2.20. The zero-order valence-electron chi connectivity index (χ0n) is 10.3. The molecule has 2 unspecified atom stereocenters. The van der Waals surface area contributed by atoms with Crippen molar-refractivity contribution in [3.05, 3.63) is 28.8 Å². The summed E-state index contributed by atoms with van der Waals surface area (Å²) < 4.78 is 0. The summed E-state index contributed by atoms with van der Waals surface area (Å²) in [5.41, 5.74) is 0.314. The number of rotatable bonds is 3. The van der Waals surface area contributed by atoms with E-state index >= 15 is 0 Å². The number of aromatic carboxylic acids is 1. The smallest absolute Gasteiger partial charge is 0.339 e. The normalized spacial score (nSPS) is 25.3. The van der Waals surface area contributed by atoms with Crippen LogP contribution >= 0.6 is 11.6 Å². The van der Waals surface area contributed by atoms with Crippen LogP contribution in [0.2, 0.25) is 5.02 Å². The first kappa shape index (κ1) is 13.2. The SMILES string of the molecule is CC1(C)C(O)CC1Nc1cccc(Cl)c1C(=O)O. The van der Waals surface area contributed by atoms with Crippen molar-refractivity contribution in [3.63, 3.8) is 0 Å². The number of benzene rings is 1. The molecular formula is C13H16ClNO3. The second kappa shape index (κ2) is 4.44. The standard InChI is InChI=1S/C13H16ClNO3/c1-13(2)9(6-10(13)16)15-8-5-3-4-7(14)11(8)12(17)18/h3-5,9-10,15-16H,6H2,1-2H3,(H,17,18). The Labute approximate surface area is 111 Å². The fourth-order valence-corrected chi connectivity index (χ4v) is 2.45. The van der Waals surface area contributed by atoms with Crippen LogP contribution in [0.25, 0.3) is 0 Å². The average Bonchev–Trinajstić information content (AvgIpc) is 2.28. The summed E-state index contributed by atoms with van der Waals surface area (Å²) in [6.07, 6.45) is 0.251. The third kappa shape index (κ3) is 2.06. The molecule has 1 aliphatic carbocycles. The molecule has 0 aliphatic heterocycles. The molecule has 0 spiro atoms. The van der Waals surface area contributed by atoms with E-state index in [1.54, 1.807) is 18.2 Å². The number of anilines is 1. The van der Waals surface area contributed by atoms with Crippen molar-refractivity contribution in [3.8, 4) is 0 Å². The largest absolute Gasteiger partial charge is 0.478 e. The van der Waals surface area contributed by atoms with Gasteiger partial charge < -0.3 is 15.5 Å². The molecule has 2 atom stereocenters. The Morgan fingerprint density at radius 2 is 2.17 bits per heavy atom. The van der Waals surface area contributed by atoms with Crippen LogP contribution < -0.4 is 5.32 Å². The van der Waals surface area contributed by atoms with Gasteiger partial charge in [-0.05, 0) is 18.6 Å². The van der Waals surface area contributed by atoms with Crippen molar-refractivity contribution in [1.82, 2.24) is 0 Å². The zero-order chi connectivity index (χ0) is 13.5. The number of halogens is 1. The van der Waals surface area contributed by atoms with Crippen LogP contribution in [0.3, 0.4) is 0 Å². The number of aliphatic hydroxyl groups is 1. The van der Waals surface area contributed by atoms with E-state index in [1.165, 1.54) is 0 Å². The number of carboxylic acid groups (broad SMARTS) is 1. The molecule has 1 aliphatic rings. The molecule has 1 saturated carbocycles. The molecule has 0 radical (unpaired) electrons. The Hall–Kier alpha value is -1.26. The summed E-state index contributed by atoms with van der Waals surface area (Å²) in [4.78, 5) is 11.2. The van der Waals surface area contributed by atoms with Crippen molar-refractivity contribution in [2.24, 2.45) is 5.41 Å². The van der Waals surface area contributed by atoms with Crippen LogP contribution in [0.15, 0.2) is 18.2 Å². The number of carboxylic acids is 1. The lowest BCUT2D eigenvalue weighted by atomic mass is 9.64. The third-order valence-corrected chi connectivity index (χ3v) is 4.09. The van der Waals surface area contributed by atoms with E-state index in [2.05, 4.69) is 5.32 Å². The summed E-state index contributed by atoms with van der Waals surface area (Å²) >= 11 is 5.90. The molecule has 1 fully saturated rings. The van der Waals surface area contributed by atoms with Gasteiger partial charge in [0, 0.05) is 11.5 Å². The predicted octanol–water partition coefficient (Wildman–Crippen LogP) is 2.61. The molecule has 0 saturated heterocycles. The molecule has 0 bridgehead atoms. The van der Waals surface area contributed by atoms with Crippen molar-refractivity contribution in [2.45, 2.75) is 32.4 Å². The quantitative estimate of drug-likeness (QED) is 0.789. The Morgan fingerprint density at radius 1 is 1.50 bits per heavy atom. The highest BCUT2D eigenvalue weighted by atomic mass is 35.5. The summed E-state index contributed by atoms with van der Waals surface area (Å²) in [5, 5.41) is 22.2. The van der Waals surface area contributed by atoms with Crippen molar-refractivity contribution < 1.29 is 15.0 Å². The monoisotopic (exact) mass is 269 g/mol. The van der Waals surface area contributed by atoms with Gasteiger partial charge in [0.25, 0.3) is 0 Å². The van der Waals surface area contributed by atoms with E-state index in [-0.39, 0.29) is 28.1 Å². The number of hydrogen-bond donors (Lipinski definition) is 3. The maximum atomic E-state index is 11.2. The fraction of sp³-hybridized carbons (Fsp3) is 0.462. The van der Waals surface area contributed by atoms with Crippen LogP contribution in [0, 0.1) is 5.41 Å². The van der Waals surface area contributed by atoms with Gasteiger partial charge in [0.05, 0.1) is 16.8 Å². The van der Waals surface area contributed by atoms with Gasteiger partial charge in [0.15, 0.2) is 0 Å². The minimum atomic E-state index is -1.05. The lowest BCUT2D eigenvalue weighted by Crippen LogP contribution is -2.57. The van der Waals surface area contributed by atoms with Crippen LogP contribution in [0.4, 0.5) is 5.69 Å². The average molecular weight is 270 g/mol. The van der Waals surface area contributed by atoms with E-state index in [4.69, 9.17) is 16.7 Å². The molecule has 0 amide bonds. The molecule has 2 rings (SSSR count). The van der Waals surface area contributed by atoms with Crippen molar-refractivity contribution in [1.29, 1.82) is 0 Å². The third-order valence-electron chi connectivity index (χ3n) is 3.77. The first-order valence-corrected chi connectivity index (χ1v) is 6.18. The van der Waals surface area contributed by atoms with Gasteiger partial charge in [0.1, 0.15) is 5.56 Å². The predicted molar refractivity (Wildman–Crippen MR) is 70.2 cm³/mol. The number of nitrogens with one attached hydrogen (secondary N) is 1. The summed E-state index contributed by atoms with van der Waals surface area (Å²) in [6.45, 7) is 3.90. The molecular weight excluding hydrogens is 254 g/mol. The molecule has 0 aromatic heterocycles. The second-order valence-electron chi connectivity index (χ2n) is 5.24. The Balaban J connectivity index is 2.26. The molecule has 0 heterocycles. The second-order valence-corrected chi connectivity index (χ2v) is 5.64. The summed E-state index contributed by atoms with van der Waals surface area (Å²) in [5.74, 6) is -1.05. The highest BCUT2D eigenvalue weighted by Gasteiger charge is 2.47. The van der Waals surface area contributed by atoms with E-state index in [0.717, 1.165) is 0 Å². The van der Waals surface area contributed by atoms with Crippen LogP contribution in [0.1, 0.15) is 30.6 Å². The van der Waals surface area contributed by atoms with Gasteiger partial charge in [-0.3, -0.25) is 0 Å². The minimum Gasteiger partial charge on any atom is -0.478 e. The molecule has 5 heteroatoms. The van der Waals surface area contributed by atoms with Crippen molar-refractivity contribution in [2.75, 3.05) is 5.32 Å². The molecule has 18 heavy (non-hydrogen) atoms. The number of hydrogen-bond acceptors (Lipinski definition) is 3. The van der Waals surface area contributed by atoms with Crippen molar-refractivity contribution >= 4 is 23.3 Å². The van der Waals surface area contributed by atoms with Gasteiger partial charge in [-0.25, -0.2) is 4.79 Å². The maximum Gasteiger partial charge on any atom is 0.339 e. The zero-order valence-corrected chi connectivity index (χ0v) is 11.0. The molecule has 98 valence electrons. The molecule has 1 aromatic carbocycles. The van der Waals surface area contributed by atoms with E-state index < -0.39 is 5.97 Å². The van der Waals surface area contributed by atoms with Gasteiger partial charge in [0.2, 0.25) is 0 Å². The van der Waals surface area contributed by atoms with E-state index in [0.29, 0.717) is 12.1 Å². The first-order valence-electron chi connectivity index (χ1n) is 5.80. The minimum absolute atomic E-state index is 0.0454. The Kier molecular flexibility index (Phi) is 3.25. The Bertz CT molecular complexity index is 487. The molecule has 4 nitrogen and oxygen atoms in total. The maximum absolute atomic E-state index is 11.2. The summed E-state index contributed by atoms with van der Waals surface area (Å²) in [7, 11) is 0. The lowest BCUT2D eigenvalue weighted by molar-refractivity contribution is -0.0510. The van der Waals surface area contributed by atoms with Crippen LogP contribution in [-0.4, -0.2) is 28.3 Å². The highest BCUT2D eigenvalue weighted by molar-refractivity contribution is 6.34. The van der Waals surface area contributed by atoms with Crippen LogP contribution in [0.5, 0.6) is 0 Å². The van der Waals surface area contributed by atoms with E-state index in [1.807, 2.05) is 13.8 Å².